The Balaban J connectivity index is 1.83. The fourth-order valence-corrected chi connectivity index (χ4v) is 3.70. The zero-order valence-electron chi connectivity index (χ0n) is 10.8. The van der Waals surface area contributed by atoms with Crippen LogP contribution in [-0.4, -0.2) is 27.5 Å². The number of hydrogen-bond donors (Lipinski definition) is 1. The van der Waals surface area contributed by atoms with Crippen LogP contribution in [-0.2, 0) is 4.43 Å². The first kappa shape index (κ1) is 11.6. The van der Waals surface area contributed by atoms with E-state index in [0.717, 1.165) is 0 Å². The van der Waals surface area contributed by atoms with Crippen molar-refractivity contribution in [1.82, 2.24) is 5.32 Å². The first-order valence-corrected chi connectivity index (χ1v) is 9.04. The fourth-order valence-electron chi connectivity index (χ4n) is 2.35. The molecule has 1 heterocycles. The average molecular weight is 227 g/mol. The maximum absolute atomic E-state index is 6.38. The molecular weight excluding hydrogens is 202 g/mol. The summed E-state index contributed by atoms with van der Waals surface area (Å²) < 4.78 is 6.38. The molecule has 0 aromatic rings. The highest BCUT2D eigenvalue weighted by Crippen LogP contribution is 2.48. The Hall–Kier alpha value is 0.137. The molecule has 0 aromatic heterocycles. The van der Waals surface area contributed by atoms with Gasteiger partial charge in [0.2, 0.25) is 0 Å². The molecule has 0 radical (unpaired) electrons. The molecule has 15 heavy (non-hydrogen) atoms. The molecule has 0 aromatic carbocycles. The maximum Gasteiger partial charge on any atom is 0.192 e. The summed E-state index contributed by atoms with van der Waals surface area (Å²) >= 11 is 0. The van der Waals surface area contributed by atoms with Crippen LogP contribution < -0.4 is 5.32 Å². The summed E-state index contributed by atoms with van der Waals surface area (Å²) in [6.45, 7) is 14.1. The van der Waals surface area contributed by atoms with E-state index >= 15 is 0 Å². The third-order valence-electron chi connectivity index (χ3n) is 4.59. The zero-order valence-corrected chi connectivity index (χ0v) is 11.8. The van der Waals surface area contributed by atoms with Gasteiger partial charge in [-0.1, -0.05) is 20.8 Å². The minimum absolute atomic E-state index is 0.355. The fraction of sp³-hybridized carbons (Fsp3) is 1.00. The van der Waals surface area contributed by atoms with Gasteiger partial charge in [-0.3, -0.25) is 0 Å². The average Bonchev–Trinajstić information content (AvgIpc) is 1.89. The largest absolute Gasteiger partial charge is 0.414 e. The highest BCUT2D eigenvalue weighted by Gasteiger charge is 2.51. The number of hydrogen-bond acceptors (Lipinski definition) is 2. The van der Waals surface area contributed by atoms with Crippen molar-refractivity contribution in [2.24, 2.45) is 5.41 Å². The van der Waals surface area contributed by atoms with Gasteiger partial charge in [0.1, 0.15) is 0 Å². The Morgan fingerprint density at radius 2 is 1.73 bits per heavy atom. The summed E-state index contributed by atoms with van der Waals surface area (Å²) in [4.78, 5) is 0. The predicted molar refractivity (Wildman–Crippen MR) is 66.6 cm³/mol. The molecule has 0 atom stereocenters. The van der Waals surface area contributed by atoms with Gasteiger partial charge >= 0.3 is 0 Å². The van der Waals surface area contributed by atoms with Crippen molar-refractivity contribution in [3.8, 4) is 0 Å². The second-order valence-corrected chi connectivity index (χ2v) is 11.8. The van der Waals surface area contributed by atoms with Crippen LogP contribution >= 0.6 is 0 Å². The lowest BCUT2D eigenvalue weighted by molar-refractivity contribution is -0.0560. The van der Waals surface area contributed by atoms with Gasteiger partial charge in [0.05, 0.1) is 0 Å². The van der Waals surface area contributed by atoms with Crippen LogP contribution in [0.5, 0.6) is 0 Å². The van der Waals surface area contributed by atoms with E-state index in [4.69, 9.17) is 4.43 Å². The van der Waals surface area contributed by atoms with Gasteiger partial charge in [-0.2, -0.15) is 0 Å². The van der Waals surface area contributed by atoms with Gasteiger partial charge in [0, 0.05) is 24.6 Å². The monoisotopic (exact) mass is 227 g/mol. The lowest BCUT2D eigenvalue weighted by atomic mass is 9.63. The molecule has 1 saturated carbocycles. The molecular formula is C12H25NOSi. The first-order chi connectivity index (χ1) is 6.74. The van der Waals surface area contributed by atoms with Crippen LogP contribution in [0.25, 0.3) is 0 Å². The molecule has 0 amide bonds. The van der Waals surface area contributed by atoms with Gasteiger partial charge < -0.3 is 9.74 Å². The highest BCUT2D eigenvalue weighted by atomic mass is 28.4. The van der Waals surface area contributed by atoms with Gasteiger partial charge in [0.25, 0.3) is 0 Å². The van der Waals surface area contributed by atoms with Crippen LogP contribution in [0.15, 0.2) is 0 Å². The Morgan fingerprint density at radius 3 is 2.07 bits per heavy atom. The summed E-state index contributed by atoms with van der Waals surface area (Å²) in [5.74, 6) is 0. The molecule has 1 N–H and O–H groups in total. The summed E-state index contributed by atoms with van der Waals surface area (Å²) in [7, 11) is -1.51. The molecule has 1 aliphatic carbocycles. The van der Waals surface area contributed by atoms with Gasteiger partial charge in [-0.05, 0) is 31.0 Å². The minimum atomic E-state index is -1.51. The van der Waals surface area contributed by atoms with Crippen LogP contribution in [0, 0.1) is 5.41 Å². The third-order valence-corrected chi connectivity index (χ3v) is 9.12. The second kappa shape index (κ2) is 3.31. The molecule has 2 aliphatic rings. The van der Waals surface area contributed by atoms with Gasteiger partial charge in [0.15, 0.2) is 8.32 Å². The standard InChI is InChI=1S/C12H25NOSi/c1-11(2,3)15(4,5)14-10-6-12(7-10)8-13-9-12/h10,13H,6-9H2,1-5H3. The molecule has 3 heteroatoms. The number of rotatable bonds is 2. The molecule has 2 fully saturated rings. The summed E-state index contributed by atoms with van der Waals surface area (Å²) in [6.07, 6.45) is 3.16. The lowest BCUT2D eigenvalue weighted by Crippen LogP contribution is -2.63. The normalized spacial score (nSPS) is 26.2. The predicted octanol–water partition coefficient (Wildman–Crippen LogP) is 2.76. The lowest BCUT2D eigenvalue weighted by Gasteiger charge is -2.56. The molecule has 1 spiro atoms. The van der Waals surface area contributed by atoms with E-state index in [1.54, 1.807) is 0 Å². The Labute approximate surface area is 94.9 Å². The van der Waals surface area contributed by atoms with E-state index in [1.807, 2.05) is 0 Å². The molecule has 1 saturated heterocycles. The quantitative estimate of drug-likeness (QED) is 0.733. The van der Waals surface area contributed by atoms with Crippen LogP contribution in [0.4, 0.5) is 0 Å². The van der Waals surface area contributed by atoms with Crippen molar-refractivity contribution in [3.63, 3.8) is 0 Å². The van der Waals surface area contributed by atoms with E-state index in [9.17, 15) is 0 Å². The Bertz CT molecular complexity index is 245. The summed E-state index contributed by atoms with van der Waals surface area (Å²) in [6, 6.07) is 0. The molecule has 2 rings (SSSR count). The van der Waals surface area contributed by atoms with Crippen LogP contribution in [0.3, 0.4) is 0 Å². The second-order valence-electron chi connectivity index (χ2n) is 7.01. The highest BCUT2D eigenvalue weighted by molar-refractivity contribution is 6.74. The summed E-state index contributed by atoms with van der Waals surface area (Å²) in [5.41, 5.74) is 0.646. The Kier molecular flexibility index (Phi) is 2.57. The van der Waals surface area contributed by atoms with Crippen molar-refractivity contribution in [3.05, 3.63) is 0 Å². The molecule has 0 unspecified atom stereocenters. The van der Waals surface area contributed by atoms with E-state index in [-0.39, 0.29) is 0 Å². The van der Waals surface area contributed by atoms with Crippen molar-refractivity contribution in [2.75, 3.05) is 13.1 Å². The van der Waals surface area contributed by atoms with E-state index < -0.39 is 8.32 Å². The van der Waals surface area contributed by atoms with Crippen molar-refractivity contribution in [1.29, 1.82) is 0 Å². The SMILES string of the molecule is CC(C)(C)[Si](C)(C)OC1CC2(CNC2)C1. The molecule has 1 aliphatic heterocycles. The Morgan fingerprint density at radius 1 is 1.20 bits per heavy atom. The van der Waals surface area contributed by atoms with Crippen molar-refractivity contribution in [2.45, 2.75) is 57.8 Å². The smallest absolute Gasteiger partial charge is 0.192 e. The number of nitrogens with one attached hydrogen (secondary N) is 1. The first-order valence-electron chi connectivity index (χ1n) is 6.13. The van der Waals surface area contributed by atoms with Crippen molar-refractivity contribution >= 4 is 8.32 Å². The van der Waals surface area contributed by atoms with Crippen LogP contribution in [0.2, 0.25) is 18.1 Å². The van der Waals surface area contributed by atoms with Gasteiger partial charge in [-0.15, -0.1) is 0 Å². The summed E-state index contributed by atoms with van der Waals surface area (Å²) in [5, 5.41) is 3.73. The van der Waals surface area contributed by atoms with Gasteiger partial charge in [-0.25, -0.2) is 0 Å². The van der Waals surface area contributed by atoms with E-state index in [1.165, 1.54) is 25.9 Å². The third kappa shape index (κ3) is 2.02. The minimum Gasteiger partial charge on any atom is -0.414 e. The molecule has 2 nitrogen and oxygen atoms in total. The van der Waals surface area contributed by atoms with E-state index in [2.05, 4.69) is 39.2 Å². The van der Waals surface area contributed by atoms with Crippen molar-refractivity contribution < 1.29 is 4.43 Å². The van der Waals surface area contributed by atoms with Crippen LogP contribution in [0.1, 0.15) is 33.6 Å². The maximum atomic E-state index is 6.38. The molecule has 88 valence electrons. The molecule has 0 bridgehead atoms. The zero-order chi connectivity index (χ0) is 11.3. The van der Waals surface area contributed by atoms with E-state index in [0.29, 0.717) is 16.6 Å². The topological polar surface area (TPSA) is 21.3 Å².